The molecule has 1 saturated carbocycles. The second-order valence-corrected chi connectivity index (χ2v) is 11.2. The molecule has 0 saturated heterocycles. The Hall–Kier alpha value is -3.79. The number of anilines is 2. The zero-order valence-corrected chi connectivity index (χ0v) is 25.4. The largest absolute Gasteiger partial charge is 0.573 e. The van der Waals surface area contributed by atoms with Crippen LogP contribution in [0.4, 0.5) is 24.9 Å². The highest BCUT2D eigenvalue weighted by molar-refractivity contribution is 7.21. The Morgan fingerprint density at radius 3 is 2.52 bits per heavy atom. The van der Waals surface area contributed by atoms with Crippen molar-refractivity contribution >= 4 is 51.6 Å². The number of halogens is 4. The van der Waals surface area contributed by atoms with Gasteiger partial charge in [-0.3, -0.25) is 9.78 Å². The summed E-state index contributed by atoms with van der Waals surface area (Å²) in [5.41, 5.74) is 2.49. The fourth-order valence-electron chi connectivity index (χ4n) is 5.04. The summed E-state index contributed by atoms with van der Waals surface area (Å²) < 4.78 is 42.5. The highest BCUT2D eigenvalue weighted by Gasteiger charge is 2.45. The Labute approximate surface area is 260 Å². The first-order valence-electron chi connectivity index (χ1n) is 13.6. The smallest absolute Gasteiger partial charge is 0.406 e. The molecule has 1 amide bonds. The van der Waals surface area contributed by atoms with Gasteiger partial charge in [0.1, 0.15) is 28.2 Å². The molecule has 5 atom stereocenters. The third kappa shape index (κ3) is 7.29. The van der Waals surface area contributed by atoms with Gasteiger partial charge in [0.2, 0.25) is 11.9 Å². The Morgan fingerprint density at radius 2 is 1.86 bits per heavy atom. The van der Waals surface area contributed by atoms with E-state index in [-0.39, 0.29) is 36.4 Å². The van der Waals surface area contributed by atoms with Gasteiger partial charge in [0, 0.05) is 12.7 Å². The summed E-state index contributed by atoms with van der Waals surface area (Å²) in [5.74, 6) is -0.951. The molecule has 1 fully saturated rings. The number of aliphatic hydroxyl groups is 2. The summed E-state index contributed by atoms with van der Waals surface area (Å²) in [6.07, 6.45) is -3.83. The van der Waals surface area contributed by atoms with E-state index in [1.807, 2.05) is 6.07 Å². The van der Waals surface area contributed by atoms with E-state index in [1.54, 1.807) is 33.2 Å². The van der Waals surface area contributed by atoms with E-state index >= 15 is 0 Å². The molecule has 0 unspecified atom stereocenters. The average Bonchev–Trinajstić information content (AvgIpc) is 3.49. The van der Waals surface area contributed by atoms with Crippen LogP contribution in [0.1, 0.15) is 37.6 Å². The molecule has 44 heavy (non-hydrogen) atoms. The number of nitrogens with zero attached hydrogens (tertiary/aromatic N) is 4. The second kappa shape index (κ2) is 13.5. The zero-order chi connectivity index (χ0) is 30.9. The molecule has 0 radical (unpaired) electrons. The average molecular weight is 654 g/mol. The topological polar surface area (TPSA) is 154 Å². The lowest BCUT2D eigenvalue weighted by Gasteiger charge is -2.22. The maximum atomic E-state index is 12.6. The van der Waals surface area contributed by atoms with E-state index < -0.39 is 36.6 Å². The van der Waals surface area contributed by atoms with Crippen LogP contribution in [0.5, 0.6) is 5.75 Å². The molecule has 1 aliphatic carbocycles. The van der Waals surface area contributed by atoms with Gasteiger partial charge in [-0.25, -0.2) is 9.97 Å². The number of aliphatic hydroxyl groups excluding tert-OH is 2. The van der Waals surface area contributed by atoms with E-state index in [2.05, 4.69) is 30.7 Å². The van der Waals surface area contributed by atoms with Crippen LogP contribution in [0.15, 0.2) is 42.7 Å². The summed E-state index contributed by atoms with van der Waals surface area (Å²) in [6.45, 7) is 5.75. The fourth-order valence-corrected chi connectivity index (χ4v) is 6.07. The Morgan fingerprint density at radius 1 is 1.14 bits per heavy atom. The number of carbonyl (C=O) groups excluding carboxylic acids is 1. The SMILES string of the molecule is CCNC(=O)[C@H]1C[C@@H](Nc2nc(N[C@H](C)c3ccc(OC(F)(F)F)cc3)nc(C)c2-c2nc3cnccc3s2)[C@H](O)[C@@H]1O.Cl. The van der Waals surface area contributed by atoms with Gasteiger partial charge in [-0.15, -0.1) is 36.9 Å². The third-order valence-electron chi connectivity index (χ3n) is 7.15. The molecular formula is C28H31ClF3N7O4S. The molecule has 1 aromatic carbocycles. The summed E-state index contributed by atoms with van der Waals surface area (Å²) >= 11 is 1.41. The minimum Gasteiger partial charge on any atom is -0.406 e. The highest BCUT2D eigenvalue weighted by Crippen LogP contribution is 2.38. The number of thiazole rings is 1. The molecule has 3 heterocycles. The second-order valence-electron chi connectivity index (χ2n) is 10.2. The van der Waals surface area contributed by atoms with Crippen LogP contribution in [0, 0.1) is 12.8 Å². The summed E-state index contributed by atoms with van der Waals surface area (Å²) in [5, 5.41) is 31.2. The minimum atomic E-state index is -4.79. The summed E-state index contributed by atoms with van der Waals surface area (Å²) in [7, 11) is 0. The molecule has 0 aliphatic heterocycles. The van der Waals surface area contributed by atoms with Crippen molar-refractivity contribution in [3.8, 4) is 16.3 Å². The first-order valence-corrected chi connectivity index (χ1v) is 14.4. The number of carbonyl (C=O) groups is 1. The Kier molecular flexibility index (Phi) is 10.1. The van der Waals surface area contributed by atoms with Crippen molar-refractivity contribution in [1.29, 1.82) is 0 Å². The Bertz CT molecular complexity index is 1580. The molecule has 16 heteroatoms. The number of aryl methyl sites for hydroxylation is 1. The number of fused-ring (bicyclic) bond motifs is 1. The van der Waals surface area contributed by atoms with Crippen LogP contribution in [0.3, 0.4) is 0 Å². The quantitative estimate of drug-likeness (QED) is 0.173. The standard InChI is InChI=1S/C28H30F3N7O4S.ClH/c1-4-33-25(41)17-11-18(23(40)22(17)39)36-24-21(26-37-19-12-32-10-9-20(19)43-26)14(3)35-27(38-24)34-13(2)15-5-7-16(8-6-15)42-28(29,30)31;/h5-10,12-13,17-18,22-23,39-40H,4,11H2,1-3H3,(H,33,41)(H2,34,35,36,38);1H/t13-,17+,18-,22-,23+;/m1./s1. The molecule has 5 N–H and O–H groups in total. The number of rotatable bonds is 9. The van der Waals surface area contributed by atoms with Crippen molar-refractivity contribution in [3.05, 3.63) is 54.0 Å². The normalized spacial score (nSPS) is 20.5. The number of pyridine rings is 1. The molecule has 5 rings (SSSR count). The molecule has 0 bridgehead atoms. The molecule has 11 nitrogen and oxygen atoms in total. The fraction of sp³-hybridized carbons (Fsp3) is 0.393. The molecular weight excluding hydrogens is 623 g/mol. The van der Waals surface area contributed by atoms with Crippen molar-refractivity contribution in [2.45, 2.75) is 57.8 Å². The predicted octanol–water partition coefficient (Wildman–Crippen LogP) is 4.61. The molecule has 3 aromatic heterocycles. The van der Waals surface area contributed by atoms with Crippen LogP contribution in [0.25, 0.3) is 20.8 Å². The molecule has 4 aromatic rings. The van der Waals surface area contributed by atoms with Crippen LogP contribution in [-0.2, 0) is 4.79 Å². The number of ether oxygens (including phenoxy) is 1. The van der Waals surface area contributed by atoms with Crippen LogP contribution >= 0.6 is 23.7 Å². The van der Waals surface area contributed by atoms with E-state index in [1.165, 1.54) is 35.6 Å². The number of nitrogens with one attached hydrogen (secondary N) is 3. The zero-order valence-electron chi connectivity index (χ0n) is 23.8. The number of amides is 1. The van der Waals surface area contributed by atoms with Gasteiger partial charge in [0.25, 0.3) is 0 Å². The number of hydrogen-bond acceptors (Lipinski definition) is 11. The van der Waals surface area contributed by atoms with Gasteiger partial charge in [0.15, 0.2) is 0 Å². The van der Waals surface area contributed by atoms with Gasteiger partial charge in [-0.05, 0) is 51.0 Å². The van der Waals surface area contributed by atoms with Crippen LogP contribution in [0.2, 0.25) is 0 Å². The summed E-state index contributed by atoms with van der Waals surface area (Å²) in [4.78, 5) is 30.7. The maximum absolute atomic E-state index is 12.6. The molecule has 0 spiro atoms. The number of hydrogen-bond donors (Lipinski definition) is 5. The lowest BCUT2D eigenvalue weighted by molar-refractivity contribution is -0.274. The van der Waals surface area contributed by atoms with E-state index in [0.29, 0.717) is 39.7 Å². The van der Waals surface area contributed by atoms with Gasteiger partial charge in [-0.2, -0.15) is 4.98 Å². The Balaban J connectivity index is 0.00000442. The van der Waals surface area contributed by atoms with Crippen molar-refractivity contribution in [2.24, 2.45) is 5.92 Å². The van der Waals surface area contributed by atoms with E-state index in [4.69, 9.17) is 9.97 Å². The predicted molar refractivity (Wildman–Crippen MR) is 162 cm³/mol. The van der Waals surface area contributed by atoms with Crippen molar-refractivity contribution in [2.75, 3.05) is 17.2 Å². The van der Waals surface area contributed by atoms with Crippen molar-refractivity contribution in [3.63, 3.8) is 0 Å². The first-order chi connectivity index (χ1) is 20.4. The van der Waals surface area contributed by atoms with Crippen LogP contribution in [-0.4, -0.2) is 67.2 Å². The number of benzene rings is 1. The van der Waals surface area contributed by atoms with Gasteiger partial charge >= 0.3 is 6.36 Å². The van der Waals surface area contributed by atoms with E-state index in [0.717, 1.165) is 4.70 Å². The highest BCUT2D eigenvalue weighted by atomic mass is 35.5. The van der Waals surface area contributed by atoms with Crippen molar-refractivity contribution in [1.82, 2.24) is 25.3 Å². The number of alkyl halides is 3. The molecule has 236 valence electrons. The maximum Gasteiger partial charge on any atom is 0.573 e. The van der Waals surface area contributed by atoms with Crippen molar-refractivity contribution < 1.29 is 32.9 Å². The lowest BCUT2D eigenvalue weighted by Crippen LogP contribution is -2.39. The summed E-state index contributed by atoms with van der Waals surface area (Å²) in [6, 6.07) is 6.19. The first kappa shape index (κ1) is 33.1. The third-order valence-corrected chi connectivity index (χ3v) is 8.20. The minimum absolute atomic E-state index is 0. The van der Waals surface area contributed by atoms with Gasteiger partial charge in [0.05, 0.1) is 46.3 Å². The van der Waals surface area contributed by atoms with E-state index in [9.17, 15) is 28.2 Å². The molecule has 1 aliphatic rings. The van der Waals surface area contributed by atoms with Gasteiger partial charge < -0.3 is 30.9 Å². The number of aromatic nitrogens is 4. The monoisotopic (exact) mass is 653 g/mol. The van der Waals surface area contributed by atoms with Crippen LogP contribution < -0.4 is 20.7 Å². The lowest BCUT2D eigenvalue weighted by atomic mass is 10.0. The van der Waals surface area contributed by atoms with Gasteiger partial charge in [-0.1, -0.05) is 12.1 Å².